The molecule has 0 saturated carbocycles. The Morgan fingerprint density at radius 1 is 1.30 bits per heavy atom. The number of hydrogen-bond donors (Lipinski definition) is 1. The maximum absolute atomic E-state index is 11.9. The highest BCUT2D eigenvalue weighted by Crippen LogP contribution is 2.34. The van der Waals surface area contributed by atoms with Gasteiger partial charge in [-0.1, -0.05) is 0 Å². The highest BCUT2D eigenvalue weighted by molar-refractivity contribution is 5.71. The molecule has 7 heteroatoms. The van der Waals surface area contributed by atoms with E-state index >= 15 is 0 Å². The molecular weight excluding hydrogens is 304 g/mol. The van der Waals surface area contributed by atoms with E-state index in [0.29, 0.717) is 11.5 Å². The van der Waals surface area contributed by atoms with Gasteiger partial charge in [-0.2, -0.15) is 0 Å². The summed E-state index contributed by atoms with van der Waals surface area (Å²) < 4.78 is 20.7. The number of carbonyl (C=O) groups is 1. The number of ether oxygens (including phenoxy) is 2. The van der Waals surface area contributed by atoms with E-state index in [4.69, 9.17) is 13.6 Å². The molecule has 0 radical (unpaired) electrons. The molecule has 2 aromatic rings. The summed E-state index contributed by atoms with van der Waals surface area (Å²) in [6.07, 6.45) is -0.142. The molecule has 2 heterocycles. The Balaban J connectivity index is 2.54. The van der Waals surface area contributed by atoms with Crippen molar-refractivity contribution >= 4 is 5.97 Å². The lowest BCUT2D eigenvalue weighted by atomic mass is 9.98. The molecule has 0 saturated heterocycles. The third-order valence-electron chi connectivity index (χ3n) is 3.31. The molecule has 0 amide bonds. The third-order valence-corrected chi connectivity index (χ3v) is 3.31. The molecule has 0 aliphatic heterocycles. The molecular formula is C16H18O7. The van der Waals surface area contributed by atoms with Crippen molar-refractivity contribution in [2.45, 2.75) is 25.9 Å². The van der Waals surface area contributed by atoms with E-state index in [2.05, 4.69) is 4.74 Å². The Morgan fingerprint density at radius 2 is 2.04 bits per heavy atom. The smallest absolute Gasteiger partial charge is 0.306 e. The van der Waals surface area contributed by atoms with Crippen LogP contribution in [0.1, 0.15) is 35.4 Å². The fraction of sp³-hybridized carbons (Fsp3) is 0.375. The second kappa shape index (κ2) is 7.15. The molecule has 124 valence electrons. The molecule has 0 spiro atoms. The minimum Gasteiger partial charge on any atom is -0.502 e. The van der Waals surface area contributed by atoms with E-state index in [1.807, 2.05) is 0 Å². The monoisotopic (exact) mass is 322 g/mol. The van der Waals surface area contributed by atoms with Gasteiger partial charge in [-0.25, -0.2) is 0 Å². The van der Waals surface area contributed by atoms with Crippen molar-refractivity contribution in [1.29, 1.82) is 0 Å². The zero-order chi connectivity index (χ0) is 17.0. The van der Waals surface area contributed by atoms with Crippen molar-refractivity contribution in [3.8, 4) is 5.75 Å². The summed E-state index contributed by atoms with van der Waals surface area (Å²) >= 11 is 0. The Labute approximate surface area is 132 Å². The first-order chi connectivity index (χ1) is 11.0. The van der Waals surface area contributed by atoms with Crippen molar-refractivity contribution in [1.82, 2.24) is 0 Å². The maximum atomic E-state index is 11.9. The van der Waals surface area contributed by atoms with Gasteiger partial charge in [0, 0.05) is 13.2 Å². The molecule has 0 aromatic carbocycles. The third kappa shape index (κ3) is 3.81. The van der Waals surface area contributed by atoms with Crippen LogP contribution < -0.4 is 5.43 Å². The van der Waals surface area contributed by atoms with Gasteiger partial charge >= 0.3 is 5.97 Å². The zero-order valence-corrected chi connectivity index (χ0v) is 13.1. The average molecular weight is 322 g/mol. The highest BCUT2D eigenvalue weighted by Gasteiger charge is 2.28. The second-order valence-corrected chi connectivity index (χ2v) is 5.00. The summed E-state index contributed by atoms with van der Waals surface area (Å²) in [4.78, 5) is 23.6. The molecule has 0 aliphatic rings. The molecule has 2 aromatic heterocycles. The van der Waals surface area contributed by atoms with Gasteiger partial charge in [0.1, 0.15) is 23.9 Å². The summed E-state index contributed by atoms with van der Waals surface area (Å²) in [5.74, 6) is -0.657. The zero-order valence-electron chi connectivity index (χ0n) is 13.1. The lowest BCUT2D eigenvalue weighted by Crippen LogP contribution is -2.13. The van der Waals surface area contributed by atoms with E-state index in [1.54, 1.807) is 19.1 Å². The van der Waals surface area contributed by atoms with Crippen LogP contribution in [-0.4, -0.2) is 25.3 Å². The molecule has 0 unspecified atom stereocenters. The summed E-state index contributed by atoms with van der Waals surface area (Å²) in [5.41, 5.74) is -0.614. The van der Waals surface area contributed by atoms with E-state index in [-0.39, 0.29) is 24.5 Å². The van der Waals surface area contributed by atoms with Crippen LogP contribution in [0.25, 0.3) is 0 Å². The fourth-order valence-electron chi connectivity index (χ4n) is 2.22. The number of esters is 1. The fourth-order valence-corrected chi connectivity index (χ4v) is 2.22. The van der Waals surface area contributed by atoms with Crippen molar-refractivity contribution in [3.63, 3.8) is 0 Å². The van der Waals surface area contributed by atoms with Crippen LogP contribution in [0.2, 0.25) is 0 Å². The van der Waals surface area contributed by atoms with E-state index in [9.17, 15) is 14.7 Å². The van der Waals surface area contributed by atoms with Gasteiger partial charge < -0.3 is 23.4 Å². The van der Waals surface area contributed by atoms with Crippen LogP contribution in [0, 0.1) is 6.92 Å². The summed E-state index contributed by atoms with van der Waals surface area (Å²) in [6, 6.07) is 4.52. The first kappa shape index (κ1) is 16.8. The van der Waals surface area contributed by atoms with E-state index in [1.165, 1.54) is 14.2 Å². The summed E-state index contributed by atoms with van der Waals surface area (Å²) in [5, 5.41) is 10.1. The Hall–Kier alpha value is -2.54. The highest BCUT2D eigenvalue weighted by atomic mass is 16.5. The number of furan rings is 1. The topological polar surface area (TPSA) is 99.1 Å². The normalized spacial score (nSPS) is 12.1. The van der Waals surface area contributed by atoms with E-state index < -0.39 is 23.1 Å². The second-order valence-electron chi connectivity index (χ2n) is 5.00. The number of carbonyl (C=O) groups excluding carboxylic acids is 1. The number of aromatic hydroxyl groups is 1. The SMILES string of the molecule is COCc1cc(=O)c(O)c([C@@H](CC(=O)OC)c2ccc(C)o2)o1. The van der Waals surface area contributed by atoms with Crippen molar-refractivity contribution in [2.75, 3.05) is 14.2 Å². The van der Waals surface area contributed by atoms with Gasteiger partial charge in [0.15, 0.2) is 5.76 Å². The van der Waals surface area contributed by atoms with Crippen LogP contribution in [0.5, 0.6) is 5.75 Å². The number of methoxy groups -OCH3 is 2. The quantitative estimate of drug-likeness (QED) is 0.813. The average Bonchev–Trinajstić information content (AvgIpc) is 2.95. The standard InChI is InChI=1S/C16H18O7/c1-9-4-5-13(22-9)11(7-14(18)21-3)16-15(19)12(17)6-10(23-16)8-20-2/h4-6,11,19H,7-8H2,1-3H3/t11-/m0/s1. The van der Waals surface area contributed by atoms with Gasteiger partial charge in [-0.05, 0) is 19.1 Å². The van der Waals surface area contributed by atoms with E-state index in [0.717, 1.165) is 6.07 Å². The molecule has 0 aliphatic carbocycles. The Kier molecular flexibility index (Phi) is 5.23. The van der Waals surface area contributed by atoms with Gasteiger partial charge in [-0.3, -0.25) is 9.59 Å². The number of aryl methyl sites for hydroxylation is 1. The number of rotatable bonds is 6. The molecule has 7 nitrogen and oxygen atoms in total. The van der Waals surface area contributed by atoms with Crippen molar-refractivity contribution in [2.24, 2.45) is 0 Å². The van der Waals surface area contributed by atoms with Crippen LogP contribution in [-0.2, 0) is 20.9 Å². The van der Waals surface area contributed by atoms with Crippen LogP contribution in [0.15, 0.2) is 31.8 Å². The summed E-state index contributed by atoms with van der Waals surface area (Å²) in [6.45, 7) is 1.81. The Bertz CT molecular complexity index is 741. The molecule has 0 bridgehead atoms. The molecule has 23 heavy (non-hydrogen) atoms. The van der Waals surface area contributed by atoms with Crippen molar-refractivity contribution < 1.29 is 28.2 Å². The predicted molar refractivity (Wildman–Crippen MR) is 79.3 cm³/mol. The van der Waals surface area contributed by atoms with Gasteiger partial charge in [0.2, 0.25) is 11.2 Å². The van der Waals surface area contributed by atoms with Crippen LogP contribution in [0.4, 0.5) is 0 Å². The lowest BCUT2D eigenvalue weighted by Gasteiger charge is -2.15. The predicted octanol–water partition coefficient (Wildman–Crippen LogP) is 2.09. The minimum atomic E-state index is -0.777. The van der Waals surface area contributed by atoms with Gasteiger partial charge in [0.25, 0.3) is 0 Å². The first-order valence-corrected chi connectivity index (χ1v) is 6.94. The van der Waals surface area contributed by atoms with Crippen LogP contribution >= 0.6 is 0 Å². The van der Waals surface area contributed by atoms with Gasteiger partial charge in [-0.15, -0.1) is 0 Å². The minimum absolute atomic E-state index is 0.0516. The number of hydrogen-bond acceptors (Lipinski definition) is 7. The summed E-state index contributed by atoms with van der Waals surface area (Å²) in [7, 11) is 2.71. The van der Waals surface area contributed by atoms with Crippen molar-refractivity contribution in [3.05, 3.63) is 51.5 Å². The maximum Gasteiger partial charge on any atom is 0.306 e. The molecule has 1 N–H and O–H groups in total. The molecule has 2 rings (SSSR count). The molecule has 1 atom stereocenters. The first-order valence-electron chi connectivity index (χ1n) is 6.94. The Morgan fingerprint density at radius 3 is 2.61 bits per heavy atom. The van der Waals surface area contributed by atoms with Gasteiger partial charge in [0.05, 0.1) is 19.4 Å². The largest absolute Gasteiger partial charge is 0.502 e. The molecule has 0 fully saturated rings. The van der Waals surface area contributed by atoms with Crippen LogP contribution in [0.3, 0.4) is 0 Å². The lowest BCUT2D eigenvalue weighted by molar-refractivity contribution is -0.141.